The number of fused-ring (bicyclic) bond motifs is 12. The summed E-state index contributed by atoms with van der Waals surface area (Å²) in [6, 6.07) is 133. The van der Waals surface area contributed by atoms with Crippen LogP contribution < -0.4 is 0 Å². The first kappa shape index (κ1) is 112. The molecular formula is C111H154. The van der Waals surface area contributed by atoms with Crippen LogP contribution in [0.5, 0.6) is 0 Å². The zero-order valence-electron chi connectivity index (χ0n) is 75.1. The summed E-state index contributed by atoms with van der Waals surface area (Å²) in [6.07, 6.45) is 3.60. The minimum atomic E-state index is 1.10. The Morgan fingerprint density at radius 3 is 0.468 bits per heavy atom. The van der Waals surface area contributed by atoms with Crippen LogP contribution in [0.4, 0.5) is 0 Å². The summed E-state index contributed by atoms with van der Waals surface area (Å²) in [7, 11) is 0. The molecule has 0 N–H and O–H groups in total. The van der Waals surface area contributed by atoms with Gasteiger partial charge in [0, 0.05) is 0 Å². The highest BCUT2D eigenvalue weighted by Gasteiger charge is 2.16. The molecule has 0 bridgehead atoms. The highest BCUT2D eigenvalue weighted by Crippen LogP contribution is 2.36. The summed E-state index contributed by atoms with van der Waals surface area (Å²) < 4.78 is 0. The van der Waals surface area contributed by atoms with Crippen molar-refractivity contribution in [2.75, 3.05) is 0 Å². The first-order valence-corrected chi connectivity index (χ1v) is 42.6. The van der Waals surface area contributed by atoms with E-state index in [2.05, 4.69) is 258 Å². The van der Waals surface area contributed by atoms with Gasteiger partial charge in [0.15, 0.2) is 0 Å². The van der Waals surface area contributed by atoms with Crippen LogP contribution in [-0.2, 0) is 6.42 Å². The van der Waals surface area contributed by atoms with Gasteiger partial charge in [0.05, 0.1) is 0 Å². The third-order valence-electron chi connectivity index (χ3n) is 13.6. The molecule has 0 saturated heterocycles. The molecule has 0 aliphatic heterocycles. The normalized spacial score (nSPS) is 8.40. The molecule has 16 rings (SSSR count). The number of hydrogen-bond acceptors (Lipinski definition) is 0. The maximum atomic E-state index is 2.22. The molecule has 0 nitrogen and oxygen atoms in total. The third kappa shape index (κ3) is 48.7. The van der Waals surface area contributed by atoms with Gasteiger partial charge in [-0.1, -0.05) is 595 Å². The Balaban J connectivity index is -0.000000276. The second-order valence-corrected chi connectivity index (χ2v) is 20.4. The van der Waals surface area contributed by atoms with Gasteiger partial charge in [-0.2, -0.15) is 0 Å². The van der Waals surface area contributed by atoms with Crippen molar-refractivity contribution in [3.8, 4) is 22.3 Å². The van der Waals surface area contributed by atoms with E-state index in [1.165, 1.54) is 100 Å². The monoisotopic (exact) mass is 1490 g/mol. The fraction of sp³-hybridized carbons (Fsp3) is 0.279. The third-order valence-corrected chi connectivity index (χ3v) is 13.6. The van der Waals surface area contributed by atoms with E-state index >= 15 is 0 Å². The van der Waals surface area contributed by atoms with Crippen molar-refractivity contribution < 1.29 is 0 Å². The van der Waals surface area contributed by atoms with E-state index in [9.17, 15) is 0 Å². The summed E-state index contributed by atoms with van der Waals surface area (Å²) in [5, 5.41) is 13.3. The van der Waals surface area contributed by atoms with Crippen molar-refractivity contribution in [2.45, 2.75) is 213 Å². The van der Waals surface area contributed by atoms with Gasteiger partial charge in [-0.05, 0) is 93.7 Å². The fourth-order valence-corrected chi connectivity index (χ4v) is 9.69. The molecule has 0 spiro atoms. The van der Waals surface area contributed by atoms with Gasteiger partial charge in [0.1, 0.15) is 0 Å². The van der Waals surface area contributed by atoms with Crippen LogP contribution in [0.2, 0.25) is 0 Å². The van der Waals surface area contributed by atoms with E-state index in [1.807, 2.05) is 324 Å². The number of benzene rings is 15. The lowest BCUT2D eigenvalue weighted by Gasteiger charge is -2.09. The zero-order valence-corrected chi connectivity index (χ0v) is 75.1. The molecule has 0 saturated carbocycles. The summed E-state index contributed by atoms with van der Waals surface area (Å²) in [5.41, 5.74) is 8.31. The standard InChI is InChI=1S/C18H12.C14H10.C13H10.C12H10.4C6H6.2C3H8.12C2H6/c1-2-8-14-13(7-1)15-9-3-4-11-17(15)18-12-6-5-10-16(14)18;1-3-7-13-11(5-1)9-10-12-6-2-4-8-14(12)13;1-3-7-12-10(5-1)9-11-6-2-4-8-13(11)12;1-3-7-11(8-4-1)12-9-5-2-6-10-12;4*1-2-4-6-5-3-1;2*1-3-2;12*1-2/h1-12H;1-10H;1-8H,9H2;1-10H;4*1-6H;2*3H2,1-2H3;12*1-2H3. The molecule has 0 unspecified atom stereocenters. The van der Waals surface area contributed by atoms with Gasteiger partial charge >= 0.3 is 0 Å². The molecule has 0 atom stereocenters. The summed E-state index contributed by atoms with van der Waals surface area (Å²) in [4.78, 5) is 0. The van der Waals surface area contributed by atoms with Crippen molar-refractivity contribution in [2.24, 2.45) is 0 Å². The summed E-state index contributed by atoms with van der Waals surface area (Å²) >= 11 is 0. The molecule has 0 amide bonds. The molecule has 1 aliphatic rings. The van der Waals surface area contributed by atoms with E-state index in [4.69, 9.17) is 0 Å². The lowest BCUT2D eigenvalue weighted by Crippen LogP contribution is -1.81. The molecule has 0 heteroatoms. The smallest absolute Gasteiger partial charge is 0.00135 e. The average Bonchev–Trinajstić information content (AvgIpc) is 1.43. The number of hydrogen-bond donors (Lipinski definition) is 0. The minimum Gasteiger partial charge on any atom is -0.0683 e. The molecule has 0 fully saturated rings. The quantitative estimate of drug-likeness (QED) is 0.144. The van der Waals surface area contributed by atoms with Crippen molar-refractivity contribution in [3.63, 3.8) is 0 Å². The van der Waals surface area contributed by atoms with Gasteiger partial charge in [-0.3, -0.25) is 0 Å². The van der Waals surface area contributed by atoms with Crippen LogP contribution in [0.1, 0.15) is 218 Å². The second-order valence-electron chi connectivity index (χ2n) is 20.4. The molecule has 1 aliphatic carbocycles. The maximum absolute atomic E-state index is 2.22. The Kier molecular flexibility index (Phi) is 88.9. The zero-order chi connectivity index (χ0) is 84.6. The lowest BCUT2D eigenvalue weighted by atomic mass is 9.95. The van der Waals surface area contributed by atoms with E-state index < -0.39 is 0 Å². The second kappa shape index (κ2) is 88.5. The van der Waals surface area contributed by atoms with Crippen molar-refractivity contribution in [1.82, 2.24) is 0 Å². The summed E-state index contributed by atoms with van der Waals surface area (Å²) in [5.74, 6) is 0. The predicted octanol–water partition coefficient (Wildman–Crippen LogP) is 37.6. The van der Waals surface area contributed by atoms with Crippen molar-refractivity contribution in [3.05, 3.63) is 399 Å². The van der Waals surface area contributed by atoms with Gasteiger partial charge in [-0.25, -0.2) is 0 Å². The van der Waals surface area contributed by atoms with Crippen molar-refractivity contribution >= 4 is 53.9 Å². The van der Waals surface area contributed by atoms with Crippen LogP contribution in [-0.4, -0.2) is 0 Å². The van der Waals surface area contributed by atoms with Crippen LogP contribution in [0.3, 0.4) is 0 Å². The molecule has 0 aromatic heterocycles. The molecule has 111 heavy (non-hydrogen) atoms. The number of rotatable bonds is 1. The lowest BCUT2D eigenvalue weighted by molar-refractivity contribution is 1.09. The molecule has 598 valence electrons. The van der Waals surface area contributed by atoms with Gasteiger partial charge in [0.25, 0.3) is 0 Å². The van der Waals surface area contributed by atoms with Crippen molar-refractivity contribution in [1.29, 1.82) is 0 Å². The predicted molar refractivity (Wildman–Crippen MR) is 521 cm³/mol. The highest BCUT2D eigenvalue weighted by atomic mass is 14.2. The summed E-state index contributed by atoms with van der Waals surface area (Å²) in [6.45, 7) is 56.5. The van der Waals surface area contributed by atoms with Gasteiger partial charge in [0.2, 0.25) is 0 Å². The fourth-order valence-electron chi connectivity index (χ4n) is 9.69. The molecule has 0 heterocycles. The van der Waals surface area contributed by atoms with E-state index in [0.29, 0.717) is 0 Å². The Morgan fingerprint density at radius 1 is 0.144 bits per heavy atom. The average molecular weight is 1490 g/mol. The largest absolute Gasteiger partial charge is 0.0683 e. The first-order valence-electron chi connectivity index (χ1n) is 42.6. The van der Waals surface area contributed by atoms with Crippen LogP contribution in [0.25, 0.3) is 76.1 Å². The molecular weight excluding hydrogens is 1330 g/mol. The minimum absolute atomic E-state index is 1.10. The topological polar surface area (TPSA) is 0 Å². The Bertz CT molecular complexity index is 3610. The van der Waals surface area contributed by atoms with Crippen LogP contribution in [0.15, 0.2) is 388 Å². The Hall–Kier alpha value is -10.4. The Labute approximate surface area is 684 Å². The Morgan fingerprint density at radius 2 is 0.279 bits per heavy atom. The highest BCUT2D eigenvalue weighted by molar-refractivity contribution is 6.25. The first-order chi connectivity index (χ1) is 55.1. The van der Waals surface area contributed by atoms with E-state index in [1.54, 1.807) is 0 Å². The SMILES string of the molecule is CC.CC.CC.CC.CC.CC.CC.CC.CC.CC.CC.CC.CCC.CCC.c1ccc(-c2ccccc2)cc1.c1ccc2c(c1)Cc1ccccc1-2.c1ccc2c(c1)c1ccccc1c1ccccc21.c1ccc2c(c1)ccc1ccccc12.c1ccccc1.c1ccccc1.c1ccccc1.c1ccccc1. The molecule has 0 radical (unpaired) electrons. The van der Waals surface area contributed by atoms with Gasteiger partial charge < -0.3 is 0 Å². The van der Waals surface area contributed by atoms with E-state index in [0.717, 1.165) is 6.42 Å². The van der Waals surface area contributed by atoms with Crippen LogP contribution in [0, 0.1) is 0 Å². The molecule has 15 aromatic carbocycles. The van der Waals surface area contributed by atoms with Crippen LogP contribution >= 0.6 is 0 Å². The maximum Gasteiger partial charge on any atom is -0.00135 e. The van der Waals surface area contributed by atoms with E-state index in [-0.39, 0.29) is 0 Å². The molecule has 15 aromatic rings. The van der Waals surface area contributed by atoms with Gasteiger partial charge in [-0.15, -0.1) is 0 Å².